The SMILES string of the molecule is COc1ccc(F)cc1C(O)=C1C(=O)C(=O)N(CCN(C)C)[C@@H]1c1ccco1. The molecule has 3 rings (SSSR count). The van der Waals surface area contributed by atoms with Gasteiger partial charge in [-0.2, -0.15) is 0 Å². The van der Waals surface area contributed by atoms with E-state index in [-0.39, 0.29) is 23.4 Å². The van der Waals surface area contributed by atoms with Crippen LogP contribution in [0.3, 0.4) is 0 Å². The molecule has 1 atom stereocenters. The van der Waals surface area contributed by atoms with Gasteiger partial charge in [0.15, 0.2) is 0 Å². The molecule has 1 amide bonds. The number of rotatable bonds is 6. The number of amides is 1. The fourth-order valence-electron chi connectivity index (χ4n) is 3.17. The molecule has 0 bridgehead atoms. The highest BCUT2D eigenvalue weighted by Crippen LogP contribution is 2.41. The predicted octanol–water partition coefficient (Wildman–Crippen LogP) is 2.41. The lowest BCUT2D eigenvalue weighted by molar-refractivity contribution is -0.140. The number of methoxy groups -OCH3 is 1. The van der Waals surface area contributed by atoms with Crippen molar-refractivity contribution in [1.29, 1.82) is 0 Å². The Morgan fingerprint density at radius 2 is 2.07 bits per heavy atom. The summed E-state index contributed by atoms with van der Waals surface area (Å²) in [5.41, 5.74) is -0.174. The number of benzene rings is 1. The summed E-state index contributed by atoms with van der Waals surface area (Å²) >= 11 is 0. The summed E-state index contributed by atoms with van der Waals surface area (Å²) in [5.74, 6) is -2.22. The first-order chi connectivity index (χ1) is 13.3. The second-order valence-electron chi connectivity index (χ2n) is 6.66. The number of ether oxygens (including phenoxy) is 1. The Hall–Kier alpha value is -3.13. The zero-order valence-electron chi connectivity index (χ0n) is 15.8. The molecule has 1 saturated heterocycles. The van der Waals surface area contributed by atoms with Gasteiger partial charge in [-0.1, -0.05) is 0 Å². The van der Waals surface area contributed by atoms with Crippen LogP contribution in [0.4, 0.5) is 4.39 Å². The number of hydrogen-bond acceptors (Lipinski definition) is 6. The number of hydrogen-bond donors (Lipinski definition) is 1. The summed E-state index contributed by atoms with van der Waals surface area (Å²) in [5, 5.41) is 10.9. The van der Waals surface area contributed by atoms with E-state index in [1.54, 1.807) is 12.1 Å². The van der Waals surface area contributed by atoms with Crippen LogP contribution in [0.15, 0.2) is 46.6 Å². The van der Waals surface area contributed by atoms with Crippen molar-refractivity contribution in [2.45, 2.75) is 6.04 Å². The summed E-state index contributed by atoms with van der Waals surface area (Å²) in [6, 6.07) is 5.91. The van der Waals surface area contributed by atoms with Crippen LogP contribution in [-0.4, -0.2) is 60.9 Å². The minimum Gasteiger partial charge on any atom is -0.507 e. The molecule has 1 aromatic heterocycles. The van der Waals surface area contributed by atoms with Crippen molar-refractivity contribution < 1.29 is 28.2 Å². The van der Waals surface area contributed by atoms with Gasteiger partial charge >= 0.3 is 0 Å². The van der Waals surface area contributed by atoms with Crippen LogP contribution in [0.25, 0.3) is 5.76 Å². The zero-order valence-corrected chi connectivity index (χ0v) is 15.8. The molecule has 28 heavy (non-hydrogen) atoms. The van der Waals surface area contributed by atoms with Gasteiger partial charge in [-0.05, 0) is 44.4 Å². The lowest BCUT2D eigenvalue weighted by Gasteiger charge is -2.24. The van der Waals surface area contributed by atoms with E-state index in [0.29, 0.717) is 12.3 Å². The Kier molecular flexibility index (Phi) is 5.51. The largest absolute Gasteiger partial charge is 0.507 e. The summed E-state index contributed by atoms with van der Waals surface area (Å²) < 4.78 is 24.4. The number of ketones is 1. The minimum atomic E-state index is -0.914. The maximum Gasteiger partial charge on any atom is 0.295 e. The van der Waals surface area contributed by atoms with E-state index in [1.165, 1.54) is 30.4 Å². The number of aliphatic hydroxyl groups is 1. The molecule has 8 heteroatoms. The third kappa shape index (κ3) is 3.50. The van der Waals surface area contributed by atoms with Gasteiger partial charge in [0.1, 0.15) is 29.1 Å². The highest BCUT2D eigenvalue weighted by molar-refractivity contribution is 6.46. The van der Waals surface area contributed by atoms with E-state index in [9.17, 15) is 19.1 Å². The van der Waals surface area contributed by atoms with Gasteiger partial charge < -0.3 is 24.1 Å². The van der Waals surface area contributed by atoms with E-state index < -0.39 is 29.3 Å². The summed E-state index contributed by atoms with van der Waals surface area (Å²) in [4.78, 5) is 28.6. The average Bonchev–Trinajstić information content (AvgIpc) is 3.27. The molecule has 0 aliphatic carbocycles. The van der Waals surface area contributed by atoms with Crippen molar-refractivity contribution in [3.63, 3.8) is 0 Å². The molecule has 0 spiro atoms. The number of aliphatic hydroxyl groups excluding tert-OH is 1. The van der Waals surface area contributed by atoms with Crippen LogP contribution in [0.2, 0.25) is 0 Å². The average molecular weight is 388 g/mol. The van der Waals surface area contributed by atoms with Gasteiger partial charge in [0.05, 0.1) is 24.5 Å². The van der Waals surface area contributed by atoms with Gasteiger partial charge in [0.25, 0.3) is 11.7 Å². The maximum atomic E-state index is 13.8. The Labute approximate surface area is 161 Å². The first-order valence-electron chi connectivity index (χ1n) is 8.65. The number of carbonyl (C=O) groups is 2. The summed E-state index contributed by atoms with van der Waals surface area (Å²) in [7, 11) is 5.05. The summed E-state index contributed by atoms with van der Waals surface area (Å²) in [6.07, 6.45) is 1.42. The van der Waals surface area contributed by atoms with Crippen LogP contribution in [0.5, 0.6) is 5.75 Å². The van der Waals surface area contributed by atoms with Gasteiger partial charge in [-0.3, -0.25) is 9.59 Å². The molecule has 1 aliphatic heterocycles. The molecule has 0 unspecified atom stereocenters. The monoisotopic (exact) mass is 388 g/mol. The highest BCUT2D eigenvalue weighted by atomic mass is 19.1. The number of likely N-dealkylation sites (N-methyl/N-ethyl adjacent to an activating group) is 1. The molecule has 0 saturated carbocycles. The molecular weight excluding hydrogens is 367 g/mol. The second kappa shape index (κ2) is 7.85. The zero-order chi connectivity index (χ0) is 20.4. The van der Waals surface area contributed by atoms with Crippen molar-refractivity contribution in [1.82, 2.24) is 9.80 Å². The fraction of sp³-hybridized carbons (Fsp3) is 0.300. The standard InChI is InChI=1S/C20H21FN2O5/c1-22(2)8-9-23-17(15-5-4-10-28-15)16(19(25)20(23)26)18(24)13-11-12(21)6-7-14(13)27-3/h4-7,10-11,17,24H,8-9H2,1-3H3/t17-/m1/s1. The summed E-state index contributed by atoms with van der Waals surface area (Å²) in [6.45, 7) is 0.758. The van der Waals surface area contributed by atoms with Crippen molar-refractivity contribution in [2.75, 3.05) is 34.3 Å². The number of Topliss-reactive ketones (excluding diaryl/α,β-unsaturated/α-hetero) is 1. The molecule has 1 aliphatic rings. The molecule has 1 fully saturated rings. The quantitative estimate of drug-likeness (QED) is 0.465. The number of carbonyl (C=O) groups excluding carboxylic acids is 2. The van der Waals surface area contributed by atoms with Crippen LogP contribution < -0.4 is 4.74 Å². The molecule has 148 valence electrons. The molecule has 7 nitrogen and oxygen atoms in total. The number of halogens is 1. The molecule has 1 N–H and O–H groups in total. The number of nitrogens with zero attached hydrogens (tertiary/aromatic N) is 2. The van der Waals surface area contributed by atoms with E-state index in [0.717, 1.165) is 6.07 Å². The Bertz CT molecular complexity index is 921. The smallest absolute Gasteiger partial charge is 0.295 e. The molecule has 2 heterocycles. The van der Waals surface area contributed by atoms with E-state index in [1.807, 2.05) is 19.0 Å². The third-order valence-electron chi connectivity index (χ3n) is 4.56. The lowest BCUT2D eigenvalue weighted by Crippen LogP contribution is -2.35. The van der Waals surface area contributed by atoms with Crippen LogP contribution >= 0.6 is 0 Å². The number of furan rings is 1. The lowest BCUT2D eigenvalue weighted by atomic mass is 9.98. The first kappa shape index (κ1) is 19.6. The van der Waals surface area contributed by atoms with E-state index in [4.69, 9.17) is 9.15 Å². The van der Waals surface area contributed by atoms with Gasteiger partial charge in [-0.15, -0.1) is 0 Å². The Morgan fingerprint density at radius 1 is 1.32 bits per heavy atom. The molecule has 1 aromatic carbocycles. The Balaban J connectivity index is 2.17. The normalized spacial score (nSPS) is 18.9. The van der Waals surface area contributed by atoms with Crippen molar-refractivity contribution in [3.8, 4) is 5.75 Å². The molecular formula is C20H21FN2O5. The van der Waals surface area contributed by atoms with Gasteiger partial charge in [0, 0.05) is 13.1 Å². The highest BCUT2D eigenvalue weighted by Gasteiger charge is 2.47. The second-order valence-corrected chi connectivity index (χ2v) is 6.66. The van der Waals surface area contributed by atoms with Gasteiger partial charge in [-0.25, -0.2) is 4.39 Å². The van der Waals surface area contributed by atoms with Crippen LogP contribution in [0, 0.1) is 5.82 Å². The molecule has 2 aromatic rings. The number of likely N-dealkylation sites (tertiary alicyclic amines) is 1. The first-order valence-corrected chi connectivity index (χ1v) is 8.65. The van der Waals surface area contributed by atoms with Crippen molar-refractivity contribution in [3.05, 3.63) is 59.3 Å². The minimum absolute atomic E-state index is 0.00957. The molecule has 0 radical (unpaired) electrons. The van der Waals surface area contributed by atoms with Crippen LogP contribution in [0.1, 0.15) is 17.4 Å². The Morgan fingerprint density at radius 3 is 2.68 bits per heavy atom. The van der Waals surface area contributed by atoms with E-state index >= 15 is 0 Å². The fourth-order valence-corrected chi connectivity index (χ4v) is 3.17. The third-order valence-corrected chi connectivity index (χ3v) is 4.56. The van der Waals surface area contributed by atoms with Crippen LogP contribution in [-0.2, 0) is 9.59 Å². The predicted molar refractivity (Wildman–Crippen MR) is 99.2 cm³/mol. The maximum absolute atomic E-state index is 13.8. The topological polar surface area (TPSA) is 83.2 Å². The van der Waals surface area contributed by atoms with E-state index in [2.05, 4.69) is 0 Å². The van der Waals surface area contributed by atoms with Gasteiger partial charge in [0.2, 0.25) is 0 Å². The van der Waals surface area contributed by atoms with Crippen molar-refractivity contribution in [2.24, 2.45) is 0 Å². The van der Waals surface area contributed by atoms with Crippen molar-refractivity contribution >= 4 is 17.4 Å².